The van der Waals surface area contributed by atoms with Crippen molar-refractivity contribution in [2.45, 2.75) is 0 Å². The minimum atomic E-state index is -0.659. The van der Waals surface area contributed by atoms with Crippen LogP contribution in [-0.4, -0.2) is 30.5 Å². The van der Waals surface area contributed by atoms with E-state index in [9.17, 15) is 14.4 Å². The first-order valence-electron chi connectivity index (χ1n) is 8.87. The van der Waals surface area contributed by atoms with Gasteiger partial charge in [-0.3, -0.25) is 9.59 Å². The molecule has 0 heterocycles. The smallest absolute Gasteiger partial charge is 0.338 e. The molecule has 0 saturated carbocycles. The van der Waals surface area contributed by atoms with Crippen molar-refractivity contribution in [3.05, 3.63) is 107 Å². The molecule has 0 aromatic heterocycles. The molecular formula is C23H18N2O4. The molecule has 0 radical (unpaired) electrons. The average Bonchev–Trinajstić information content (AvgIpc) is 2.79. The van der Waals surface area contributed by atoms with Gasteiger partial charge in [-0.25, -0.2) is 10.2 Å². The number of amides is 1. The number of nitrogens with zero attached hydrogens (tertiary/aromatic N) is 1. The molecule has 144 valence electrons. The summed E-state index contributed by atoms with van der Waals surface area (Å²) in [7, 11) is 0. The SMILES string of the molecule is O=Cc1ccc(C(=O)OCC(=O)NN=C(c2ccccc2)c2ccccc2)cc1. The van der Waals surface area contributed by atoms with Crippen LogP contribution in [0.1, 0.15) is 31.8 Å². The molecule has 1 amide bonds. The number of hydrogen-bond donors (Lipinski definition) is 1. The summed E-state index contributed by atoms with van der Waals surface area (Å²) < 4.78 is 5.00. The number of rotatable bonds is 7. The Kier molecular flexibility index (Phi) is 6.62. The van der Waals surface area contributed by atoms with Crippen molar-refractivity contribution in [2.24, 2.45) is 5.10 Å². The first kappa shape index (κ1) is 19.7. The zero-order valence-electron chi connectivity index (χ0n) is 15.4. The molecule has 0 aliphatic heterocycles. The molecule has 0 atom stereocenters. The lowest BCUT2D eigenvalue weighted by Gasteiger charge is -2.08. The van der Waals surface area contributed by atoms with Crippen LogP contribution >= 0.6 is 0 Å². The van der Waals surface area contributed by atoms with E-state index in [1.54, 1.807) is 0 Å². The Morgan fingerprint density at radius 3 is 1.86 bits per heavy atom. The van der Waals surface area contributed by atoms with Crippen LogP contribution in [0, 0.1) is 0 Å². The Balaban J connectivity index is 1.65. The number of nitrogens with one attached hydrogen (secondary N) is 1. The summed E-state index contributed by atoms with van der Waals surface area (Å²) in [5.41, 5.74) is 5.40. The third kappa shape index (κ3) is 5.46. The molecule has 0 spiro atoms. The van der Waals surface area contributed by atoms with E-state index in [-0.39, 0.29) is 5.56 Å². The molecule has 0 aliphatic carbocycles. The van der Waals surface area contributed by atoms with Gasteiger partial charge in [0.05, 0.1) is 11.3 Å². The number of esters is 1. The van der Waals surface area contributed by atoms with Gasteiger partial charge in [0.2, 0.25) is 0 Å². The Morgan fingerprint density at radius 1 is 0.793 bits per heavy atom. The normalized spacial score (nSPS) is 9.93. The summed E-state index contributed by atoms with van der Waals surface area (Å²) in [6.45, 7) is -0.478. The van der Waals surface area contributed by atoms with Crippen molar-refractivity contribution >= 4 is 23.9 Å². The summed E-state index contributed by atoms with van der Waals surface area (Å²) in [4.78, 5) is 34.8. The Hall–Kier alpha value is -4.06. The van der Waals surface area contributed by atoms with Gasteiger partial charge in [-0.1, -0.05) is 72.8 Å². The molecule has 29 heavy (non-hydrogen) atoms. The standard InChI is InChI=1S/C23H18N2O4/c26-15-17-11-13-20(14-12-17)23(28)29-16-21(27)24-25-22(18-7-3-1-4-8-18)19-9-5-2-6-10-19/h1-15H,16H2,(H,24,27). The van der Waals surface area contributed by atoms with E-state index in [0.29, 0.717) is 17.6 Å². The molecule has 0 saturated heterocycles. The van der Waals surface area contributed by atoms with Crippen LogP contribution in [-0.2, 0) is 9.53 Å². The zero-order chi connectivity index (χ0) is 20.5. The average molecular weight is 386 g/mol. The topological polar surface area (TPSA) is 84.8 Å². The molecule has 0 aliphatic rings. The van der Waals surface area contributed by atoms with Gasteiger partial charge in [0.25, 0.3) is 5.91 Å². The molecule has 6 nitrogen and oxygen atoms in total. The summed E-state index contributed by atoms with van der Waals surface area (Å²) in [6, 6.07) is 24.8. The fourth-order valence-corrected chi connectivity index (χ4v) is 2.55. The quantitative estimate of drug-likeness (QED) is 0.292. The Morgan fingerprint density at radius 2 is 1.34 bits per heavy atom. The minimum Gasteiger partial charge on any atom is -0.452 e. The van der Waals surface area contributed by atoms with E-state index in [4.69, 9.17) is 4.74 Å². The first-order valence-corrected chi connectivity index (χ1v) is 8.87. The minimum absolute atomic E-state index is 0.251. The van der Waals surface area contributed by atoms with Crippen molar-refractivity contribution in [2.75, 3.05) is 6.61 Å². The number of hydrogen-bond acceptors (Lipinski definition) is 5. The summed E-state index contributed by atoms with van der Waals surface area (Å²) in [5, 5.41) is 4.22. The van der Waals surface area contributed by atoms with Crippen molar-refractivity contribution < 1.29 is 19.1 Å². The van der Waals surface area contributed by atoms with Crippen LogP contribution in [0.2, 0.25) is 0 Å². The third-order valence-electron chi connectivity index (χ3n) is 4.00. The number of hydrazone groups is 1. The molecular weight excluding hydrogens is 368 g/mol. The fraction of sp³-hybridized carbons (Fsp3) is 0.0435. The maximum atomic E-state index is 12.1. The van der Waals surface area contributed by atoms with E-state index < -0.39 is 18.5 Å². The number of benzene rings is 3. The van der Waals surface area contributed by atoms with Crippen LogP contribution in [0.25, 0.3) is 0 Å². The lowest BCUT2D eigenvalue weighted by atomic mass is 10.0. The van der Waals surface area contributed by atoms with Gasteiger partial charge in [0.15, 0.2) is 6.61 Å². The molecule has 0 bridgehead atoms. The largest absolute Gasteiger partial charge is 0.452 e. The molecule has 3 rings (SSSR count). The van der Waals surface area contributed by atoms with E-state index in [2.05, 4.69) is 10.5 Å². The van der Waals surface area contributed by atoms with Gasteiger partial charge >= 0.3 is 5.97 Å². The molecule has 1 N–H and O–H groups in total. The number of carbonyl (C=O) groups is 3. The van der Waals surface area contributed by atoms with Gasteiger partial charge in [-0.15, -0.1) is 0 Å². The van der Waals surface area contributed by atoms with E-state index in [1.807, 2.05) is 60.7 Å². The van der Waals surface area contributed by atoms with E-state index in [1.165, 1.54) is 24.3 Å². The maximum absolute atomic E-state index is 12.1. The first-order chi connectivity index (χ1) is 14.2. The van der Waals surface area contributed by atoms with Gasteiger partial charge in [-0.05, 0) is 12.1 Å². The molecule has 0 unspecified atom stereocenters. The number of aldehydes is 1. The van der Waals surface area contributed by atoms with Gasteiger partial charge in [0, 0.05) is 16.7 Å². The molecule has 6 heteroatoms. The second-order valence-corrected chi connectivity index (χ2v) is 6.04. The van der Waals surface area contributed by atoms with Gasteiger partial charge in [0.1, 0.15) is 6.29 Å². The third-order valence-corrected chi connectivity index (χ3v) is 4.00. The van der Waals surface area contributed by atoms with Crippen molar-refractivity contribution in [3.63, 3.8) is 0 Å². The van der Waals surface area contributed by atoms with Crippen molar-refractivity contribution in [1.29, 1.82) is 0 Å². The Labute approximate surface area is 167 Å². The highest BCUT2D eigenvalue weighted by molar-refractivity contribution is 6.13. The van der Waals surface area contributed by atoms with E-state index in [0.717, 1.165) is 11.1 Å². The highest BCUT2D eigenvalue weighted by Crippen LogP contribution is 2.10. The van der Waals surface area contributed by atoms with Crippen molar-refractivity contribution in [3.8, 4) is 0 Å². The van der Waals surface area contributed by atoms with Crippen LogP contribution in [0.3, 0.4) is 0 Å². The monoisotopic (exact) mass is 386 g/mol. The van der Waals surface area contributed by atoms with Crippen molar-refractivity contribution in [1.82, 2.24) is 5.43 Å². The highest BCUT2D eigenvalue weighted by Gasteiger charge is 2.11. The summed E-state index contributed by atoms with van der Waals surface area (Å²) in [6.07, 6.45) is 0.678. The zero-order valence-corrected chi connectivity index (χ0v) is 15.4. The molecule has 3 aromatic carbocycles. The van der Waals surface area contributed by atoms with E-state index >= 15 is 0 Å². The predicted molar refractivity (Wildman–Crippen MR) is 109 cm³/mol. The lowest BCUT2D eigenvalue weighted by molar-refractivity contribution is -0.124. The number of carbonyl (C=O) groups excluding carboxylic acids is 3. The van der Waals surface area contributed by atoms with Crippen LogP contribution in [0.15, 0.2) is 90.0 Å². The molecule has 0 fully saturated rings. The highest BCUT2D eigenvalue weighted by atomic mass is 16.5. The van der Waals surface area contributed by atoms with Crippen LogP contribution < -0.4 is 5.43 Å². The molecule has 3 aromatic rings. The lowest BCUT2D eigenvalue weighted by Crippen LogP contribution is -2.26. The van der Waals surface area contributed by atoms with Gasteiger partial charge < -0.3 is 4.74 Å². The predicted octanol–water partition coefficient (Wildman–Crippen LogP) is 3.22. The second-order valence-electron chi connectivity index (χ2n) is 6.04. The second kappa shape index (κ2) is 9.75. The Bertz CT molecular complexity index is 972. The van der Waals surface area contributed by atoms with Crippen LogP contribution in [0.4, 0.5) is 0 Å². The maximum Gasteiger partial charge on any atom is 0.338 e. The fourth-order valence-electron chi connectivity index (χ4n) is 2.55. The number of ether oxygens (including phenoxy) is 1. The van der Waals surface area contributed by atoms with Gasteiger partial charge in [-0.2, -0.15) is 5.10 Å². The summed E-state index contributed by atoms with van der Waals surface area (Å²) in [5.74, 6) is -1.22. The van der Waals surface area contributed by atoms with Crippen LogP contribution in [0.5, 0.6) is 0 Å². The summed E-state index contributed by atoms with van der Waals surface area (Å²) >= 11 is 0.